The number of hydrogen-bond donors (Lipinski definition) is 4. The lowest BCUT2D eigenvalue weighted by molar-refractivity contribution is -0.159. The molecule has 0 aliphatic carbocycles. The molecule has 0 saturated carbocycles. The van der Waals surface area contributed by atoms with E-state index in [1.165, 1.54) is 116 Å². The van der Waals surface area contributed by atoms with Crippen LogP contribution in [0.5, 0.6) is 0 Å². The van der Waals surface area contributed by atoms with Gasteiger partial charge in [-0.3, -0.25) is 33.6 Å². The van der Waals surface area contributed by atoms with Crippen molar-refractivity contribution in [2.24, 2.45) is 17.8 Å². The van der Waals surface area contributed by atoms with Crippen LogP contribution in [0.1, 0.15) is 318 Å². The fraction of sp³-hybridized carbons (Fsp3) is 0.899. The van der Waals surface area contributed by atoms with E-state index < -0.39 is 43.3 Å². The molecule has 1 fully saturated rings. The first kappa shape index (κ1) is 78.3. The molecule has 4 amide bonds. The number of unbranched alkanes of at least 4 members (excludes halogenated alkanes) is 18. The van der Waals surface area contributed by atoms with Crippen molar-refractivity contribution in [2.45, 2.75) is 323 Å². The minimum absolute atomic E-state index is 0.0650. The number of carbonyl (C=O) groups excluding carboxylic acids is 7. The maximum absolute atomic E-state index is 13.9. The van der Waals surface area contributed by atoms with Gasteiger partial charge < -0.3 is 40.4 Å². The molecule has 0 aromatic heterocycles. The molecule has 490 valence electrons. The predicted molar refractivity (Wildman–Crippen MR) is 342 cm³/mol. The number of ether oxygens (including phenoxy) is 3. The number of carbonyl (C=O) groups is 7. The fourth-order valence-corrected chi connectivity index (χ4v) is 11.3. The van der Waals surface area contributed by atoms with E-state index >= 15 is 0 Å². The standard InChI is InChI=1S/C69H129N5O10/c1-7-13-19-26-37-59(38-27-20-14-8-2)53-70-62(75)43-34-46-66(79)82-56-69(73-65(78)49-52-74-50-32-25-33-51-74,57-83-67(80)47-35-44-63(76)71-54-60(39-28-21-15-9-3)40-29-22-16-10-4)58-84-68(81)48-36-45-64(77)72-55-61(41-30-23-17-11-5)42-31-24-18-12-6/h59-61H,7-58H2,1-6H3,(H,70,75)(H,71,76)(H,72,77)(H,73,78). The number of amides is 4. The highest BCUT2D eigenvalue weighted by Crippen LogP contribution is 2.22. The zero-order valence-electron chi connectivity index (χ0n) is 55.0. The van der Waals surface area contributed by atoms with Crippen LogP contribution in [0.2, 0.25) is 0 Å². The summed E-state index contributed by atoms with van der Waals surface area (Å²) in [5.74, 6) is -1.27. The van der Waals surface area contributed by atoms with Crippen molar-refractivity contribution in [1.82, 2.24) is 26.2 Å². The summed E-state index contributed by atoms with van der Waals surface area (Å²) in [5, 5.41) is 12.4. The fourth-order valence-electron chi connectivity index (χ4n) is 11.3. The van der Waals surface area contributed by atoms with Gasteiger partial charge >= 0.3 is 17.9 Å². The normalized spacial score (nSPS) is 12.9. The summed E-state index contributed by atoms with van der Waals surface area (Å²) in [4.78, 5) is 96.0. The largest absolute Gasteiger partial charge is 0.463 e. The number of esters is 3. The van der Waals surface area contributed by atoms with Crippen LogP contribution in [-0.4, -0.2) is 111 Å². The Labute approximate surface area is 513 Å². The lowest BCUT2D eigenvalue weighted by Gasteiger charge is -2.34. The lowest BCUT2D eigenvalue weighted by atomic mass is 9.94. The van der Waals surface area contributed by atoms with E-state index in [0.717, 1.165) is 109 Å². The summed E-state index contributed by atoms with van der Waals surface area (Å²) in [7, 11) is 0. The molecule has 0 radical (unpaired) electrons. The molecule has 1 rings (SSSR count). The monoisotopic (exact) mass is 1190 g/mol. The van der Waals surface area contributed by atoms with Crippen molar-refractivity contribution in [2.75, 3.05) is 59.1 Å². The van der Waals surface area contributed by atoms with Gasteiger partial charge in [0.15, 0.2) is 0 Å². The maximum Gasteiger partial charge on any atom is 0.305 e. The van der Waals surface area contributed by atoms with Crippen LogP contribution in [-0.2, 0) is 47.8 Å². The van der Waals surface area contributed by atoms with Gasteiger partial charge in [0.05, 0.1) is 0 Å². The Morgan fingerprint density at radius 3 is 0.905 bits per heavy atom. The van der Waals surface area contributed by atoms with Crippen LogP contribution in [0, 0.1) is 17.8 Å². The van der Waals surface area contributed by atoms with E-state index in [1.54, 1.807) is 0 Å². The predicted octanol–water partition coefficient (Wildman–Crippen LogP) is 14.9. The number of piperidine rings is 1. The first-order valence-electron chi connectivity index (χ1n) is 35.1. The Kier molecular flexibility index (Phi) is 50.9. The molecule has 0 aromatic rings. The highest BCUT2D eigenvalue weighted by molar-refractivity contribution is 5.79. The third kappa shape index (κ3) is 45.6. The molecule has 0 bridgehead atoms. The van der Waals surface area contributed by atoms with E-state index in [2.05, 4.69) is 67.7 Å². The summed E-state index contributed by atoms with van der Waals surface area (Å²) >= 11 is 0. The van der Waals surface area contributed by atoms with Crippen molar-refractivity contribution in [1.29, 1.82) is 0 Å². The smallest absolute Gasteiger partial charge is 0.305 e. The minimum atomic E-state index is -1.65. The summed E-state index contributed by atoms with van der Waals surface area (Å²) in [6.45, 7) is 16.0. The highest BCUT2D eigenvalue weighted by Gasteiger charge is 2.38. The van der Waals surface area contributed by atoms with E-state index in [0.29, 0.717) is 43.9 Å². The van der Waals surface area contributed by atoms with Gasteiger partial charge in [-0.05, 0) is 101 Å². The SMILES string of the molecule is CCCCCCC(CCCCCC)CNC(=O)CCCC(=O)OCC(COC(=O)CCCC(=O)NCC(CCCCCC)CCCCCC)(COC(=O)CCCC(=O)NCC(CCCCCC)CCCCCC)NC(=O)CCN1CCCCC1. The second kappa shape index (κ2) is 54.6. The number of nitrogens with zero attached hydrogens (tertiary/aromatic N) is 1. The molecule has 15 heteroatoms. The summed E-state index contributed by atoms with van der Waals surface area (Å²) in [5.41, 5.74) is -1.65. The molecule has 1 heterocycles. The van der Waals surface area contributed by atoms with Crippen LogP contribution in [0.25, 0.3) is 0 Å². The molecule has 0 aromatic carbocycles. The van der Waals surface area contributed by atoms with Gasteiger partial charge in [0, 0.05) is 71.1 Å². The summed E-state index contributed by atoms with van der Waals surface area (Å²) < 4.78 is 17.6. The van der Waals surface area contributed by atoms with Crippen LogP contribution >= 0.6 is 0 Å². The Bertz CT molecular complexity index is 1480. The van der Waals surface area contributed by atoms with Crippen molar-refractivity contribution >= 4 is 41.5 Å². The average molecular weight is 1190 g/mol. The van der Waals surface area contributed by atoms with Gasteiger partial charge in [-0.2, -0.15) is 0 Å². The first-order valence-corrected chi connectivity index (χ1v) is 35.1. The molecule has 1 aliphatic rings. The molecule has 4 N–H and O–H groups in total. The van der Waals surface area contributed by atoms with Gasteiger partial charge in [-0.1, -0.05) is 202 Å². The van der Waals surface area contributed by atoms with Gasteiger partial charge in [0.25, 0.3) is 0 Å². The molecule has 1 saturated heterocycles. The van der Waals surface area contributed by atoms with Crippen LogP contribution < -0.4 is 21.3 Å². The van der Waals surface area contributed by atoms with Crippen molar-refractivity contribution < 1.29 is 47.8 Å². The molecular formula is C69H129N5O10. The molecule has 1 aliphatic heterocycles. The minimum Gasteiger partial charge on any atom is -0.463 e. The van der Waals surface area contributed by atoms with Gasteiger partial charge in [-0.25, -0.2) is 0 Å². The Morgan fingerprint density at radius 1 is 0.345 bits per heavy atom. The van der Waals surface area contributed by atoms with E-state index in [-0.39, 0.29) is 87.8 Å². The third-order valence-electron chi connectivity index (χ3n) is 17.0. The topological polar surface area (TPSA) is 199 Å². The number of likely N-dealkylation sites (tertiary alicyclic amines) is 1. The lowest BCUT2D eigenvalue weighted by Crippen LogP contribution is -2.59. The second-order valence-corrected chi connectivity index (χ2v) is 25.1. The number of nitrogens with one attached hydrogen (secondary N) is 4. The number of rotatable bonds is 58. The van der Waals surface area contributed by atoms with Crippen LogP contribution in [0.4, 0.5) is 0 Å². The van der Waals surface area contributed by atoms with E-state index in [4.69, 9.17) is 14.2 Å². The maximum atomic E-state index is 13.9. The van der Waals surface area contributed by atoms with E-state index in [9.17, 15) is 33.6 Å². The molecular weight excluding hydrogens is 1060 g/mol. The summed E-state index contributed by atoms with van der Waals surface area (Å²) in [6, 6.07) is 0. The second-order valence-electron chi connectivity index (χ2n) is 25.1. The highest BCUT2D eigenvalue weighted by atomic mass is 16.6. The van der Waals surface area contributed by atoms with Gasteiger partial charge in [0.2, 0.25) is 23.6 Å². The van der Waals surface area contributed by atoms with Crippen molar-refractivity contribution in [3.63, 3.8) is 0 Å². The Morgan fingerprint density at radius 2 is 0.631 bits per heavy atom. The van der Waals surface area contributed by atoms with E-state index in [1.807, 2.05) is 0 Å². The Hall–Kier alpha value is -3.75. The molecule has 0 atom stereocenters. The zero-order valence-corrected chi connectivity index (χ0v) is 55.0. The molecule has 15 nitrogen and oxygen atoms in total. The number of hydrogen-bond acceptors (Lipinski definition) is 11. The van der Waals surface area contributed by atoms with Gasteiger partial charge in [0.1, 0.15) is 25.4 Å². The average Bonchev–Trinajstić information content (AvgIpc) is 3.66. The quantitative estimate of drug-likeness (QED) is 0.0257. The van der Waals surface area contributed by atoms with Crippen LogP contribution in [0.3, 0.4) is 0 Å². The zero-order chi connectivity index (χ0) is 61.6. The van der Waals surface area contributed by atoms with Crippen LogP contribution in [0.15, 0.2) is 0 Å². The summed E-state index contributed by atoms with van der Waals surface area (Å²) in [6.07, 6.45) is 39.4. The first-order chi connectivity index (χ1) is 40.8. The molecule has 84 heavy (non-hydrogen) atoms. The van der Waals surface area contributed by atoms with Crippen molar-refractivity contribution in [3.8, 4) is 0 Å². The molecule has 0 unspecified atom stereocenters. The van der Waals surface area contributed by atoms with Gasteiger partial charge in [-0.15, -0.1) is 0 Å². The third-order valence-corrected chi connectivity index (χ3v) is 17.0. The Balaban J connectivity index is 3.18. The molecule has 0 spiro atoms. The van der Waals surface area contributed by atoms with Crippen molar-refractivity contribution in [3.05, 3.63) is 0 Å².